The highest BCUT2D eigenvalue weighted by molar-refractivity contribution is 5.81. The number of benzene rings is 1. The van der Waals surface area contributed by atoms with Crippen molar-refractivity contribution in [3.8, 4) is 11.5 Å². The number of hydrogen-bond acceptors (Lipinski definition) is 4. The number of carbonyl (C=O) groups excluding carboxylic acids is 2. The topological polar surface area (TPSA) is 76.7 Å². The molecule has 1 heterocycles. The van der Waals surface area contributed by atoms with Crippen molar-refractivity contribution in [2.75, 3.05) is 19.7 Å². The highest BCUT2D eigenvalue weighted by Gasteiger charge is 2.26. The number of fused-ring (bicyclic) bond motifs is 1. The summed E-state index contributed by atoms with van der Waals surface area (Å²) in [5.41, 5.74) is 0. The SMILES string of the molecule is CC(=O)NCCNC(=O)C1COc2ccccc2O1. The van der Waals surface area contributed by atoms with Crippen LogP contribution >= 0.6 is 0 Å². The van der Waals surface area contributed by atoms with Crippen LogP contribution in [0.15, 0.2) is 24.3 Å². The molecular formula is C13H16N2O4. The van der Waals surface area contributed by atoms with Crippen LogP contribution in [0.2, 0.25) is 0 Å². The predicted octanol–water partition coefficient (Wildman–Crippen LogP) is 0.0787. The van der Waals surface area contributed by atoms with Gasteiger partial charge in [0.2, 0.25) is 12.0 Å². The highest BCUT2D eigenvalue weighted by atomic mass is 16.6. The van der Waals surface area contributed by atoms with E-state index in [2.05, 4.69) is 10.6 Å². The monoisotopic (exact) mass is 264 g/mol. The largest absolute Gasteiger partial charge is 0.485 e. The molecule has 102 valence electrons. The minimum Gasteiger partial charge on any atom is -0.485 e. The van der Waals surface area contributed by atoms with Gasteiger partial charge in [0.25, 0.3) is 5.91 Å². The van der Waals surface area contributed by atoms with Gasteiger partial charge in [0.1, 0.15) is 6.61 Å². The molecule has 0 fully saturated rings. The van der Waals surface area contributed by atoms with Gasteiger partial charge in [-0.3, -0.25) is 9.59 Å². The normalized spacial score (nSPS) is 16.6. The minimum absolute atomic E-state index is 0.125. The van der Waals surface area contributed by atoms with Crippen molar-refractivity contribution in [3.63, 3.8) is 0 Å². The van der Waals surface area contributed by atoms with E-state index in [1.54, 1.807) is 12.1 Å². The summed E-state index contributed by atoms with van der Waals surface area (Å²) in [7, 11) is 0. The van der Waals surface area contributed by atoms with Crippen LogP contribution in [0, 0.1) is 0 Å². The molecule has 1 aliphatic heterocycles. The zero-order valence-electron chi connectivity index (χ0n) is 10.6. The third-order valence-corrected chi connectivity index (χ3v) is 2.60. The first kappa shape index (κ1) is 13.2. The molecule has 2 amide bonds. The molecule has 0 bridgehead atoms. The molecule has 2 rings (SSSR count). The molecular weight excluding hydrogens is 248 g/mol. The van der Waals surface area contributed by atoms with Crippen LogP contribution in [0.25, 0.3) is 0 Å². The Hall–Kier alpha value is -2.24. The van der Waals surface area contributed by atoms with E-state index in [0.29, 0.717) is 24.6 Å². The molecule has 19 heavy (non-hydrogen) atoms. The molecule has 0 spiro atoms. The van der Waals surface area contributed by atoms with Crippen molar-refractivity contribution in [1.82, 2.24) is 10.6 Å². The Bertz CT molecular complexity index is 475. The molecule has 1 atom stereocenters. The van der Waals surface area contributed by atoms with Crippen LogP contribution in [0.4, 0.5) is 0 Å². The second-order valence-electron chi connectivity index (χ2n) is 4.14. The van der Waals surface area contributed by atoms with Crippen molar-refractivity contribution >= 4 is 11.8 Å². The van der Waals surface area contributed by atoms with Crippen molar-refractivity contribution in [1.29, 1.82) is 0 Å². The molecule has 0 aromatic heterocycles. The van der Waals surface area contributed by atoms with E-state index in [4.69, 9.17) is 9.47 Å². The molecule has 0 saturated carbocycles. The van der Waals surface area contributed by atoms with Crippen LogP contribution in [0.1, 0.15) is 6.92 Å². The van der Waals surface area contributed by atoms with E-state index >= 15 is 0 Å². The Balaban J connectivity index is 1.80. The molecule has 1 unspecified atom stereocenters. The Morgan fingerprint density at radius 2 is 1.89 bits per heavy atom. The second-order valence-corrected chi connectivity index (χ2v) is 4.14. The van der Waals surface area contributed by atoms with Gasteiger partial charge in [0.15, 0.2) is 11.5 Å². The third kappa shape index (κ3) is 3.61. The first-order valence-corrected chi connectivity index (χ1v) is 6.07. The number of para-hydroxylation sites is 2. The Labute approximate surface area is 111 Å². The molecule has 0 radical (unpaired) electrons. The fraction of sp³-hybridized carbons (Fsp3) is 0.385. The molecule has 1 aromatic rings. The summed E-state index contributed by atoms with van der Waals surface area (Å²) >= 11 is 0. The molecule has 0 aliphatic carbocycles. The third-order valence-electron chi connectivity index (χ3n) is 2.60. The van der Waals surface area contributed by atoms with Gasteiger partial charge < -0.3 is 20.1 Å². The highest BCUT2D eigenvalue weighted by Crippen LogP contribution is 2.30. The summed E-state index contributed by atoms with van der Waals surface area (Å²) in [5, 5.41) is 5.27. The Morgan fingerprint density at radius 3 is 2.63 bits per heavy atom. The van der Waals surface area contributed by atoms with E-state index in [9.17, 15) is 9.59 Å². The second kappa shape index (κ2) is 6.08. The summed E-state index contributed by atoms with van der Waals surface area (Å²) in [6.45, 7) is 2.37. The number of carbonyl (C=O) groups is 2. The smallest absolute Gasteiger partial charge is 0.264 e. The van der Waals surface area contributed by atoms with E-state index in [1.165, 1.54) is 6.92 Å². The number of nitrogens with one attached hydrogen (secondary N) is 2. The lowest BCUT2D eigenvalue weighted by atomic mass is 10.2. The van der Waals surface area contributed by atoms with Crippen molar-refractivity contribution in [2.24, 2.45) is 0 Å². The number of rotatable bonds is 4. The maximum atomic E-state index is 11.8. The van der Waals surface area contributed by atoms with E-state index in [0.717, 1.165) is 0 Å². The molecule has 0 saturated heterocycles. The summed E-state index contributed by atoms with van der Waals surface area (Å²) in [4.78, 5) is 22.5. The lowest BCUT2D eigenvalue weighted by molar-refractivity contribution is -0.130. The van der Waals surface area contributed by atoms with Gasteiger partial charge in [0.05, 0.1) is 0 Å². The fourth-order valence-corrected chi connectivity index (χ4v) is 1.69. The molecule has 6 nitrogen and oxygen atoms in total. The predicted molar refractivity (Wildman–Crippen MR) is 68.0 cm³/mol. The van der Waals surface area contributed by atoms with Gasteiger partial charge in [-0.25, -0.2) is 0 Å². The van der Waals surface area contributed by atoms with E-state index < -0.39 is 6.10 Å². The summed E-state index contributed by atoms with van der Waals surface area (Å²) < 4.78 is 11.0. The maximum absolute atomic E-state index is 11.8. The lowest BCUT2D eigenvalue weighted by Crippen LogP contribution is -2.45. The Kier molecular flexibility index (Phi) is 4.22. The van der Waals surface area contributed by atoms with Crippen LogP contribution in [-0.2, 0) is 9.59 Å². The number of hydrogen-bond donors (Lipinski definition) is 2. The van der Waals surface area contributed by atoms with E-state index in [-0.39, 0.29) is 18.4 Å². The van der Waals surface area contributed by atoms with Gasteiger partial charge in [-0.05, 0) is 12.1 Å². The fourth-order valence-electron chi connectivity index (χ4n) is 1.69. The van der Waals surface area contributed by atoms with Gasteiger partial charge in [-0.1, -0.05) is 12.1 Å². The minimum atomic E-state index is -0.660. The lowest BCUT2D eigenvalue weighted by Gasteiger charge is -2.25. The zero-order chi connectivity index (χ0) is 13.7. The first-order chi connectivity index (χ1) is 9.16. The molecule has 1 aromatic carbocycles. The van der Waals surface area contributed by atoms with Gasteiger partial charge >= 0.3 is 0 Å². The van der Waals surface area contributed by atoms with Gasteiger partial charge in [0, 0.05) is 20.0 Å². The molecule has 6 heteroatoms. The average Bonchev–Trinajstić information content (AvgIpc) is 2.42. The van der Waals surface area contributed by atoms with Crippen molar-refractivity contribution in [2.45, 2.75) is 13.0 Å². The Morgan fingerprint density at radius 1 is 1.21 bits per heavy atom. The summed E-state index contributed by atoms with van der Waals surface area (Å²) in [6.07, 6.45) is -0.660. The van der Waals surface area contributed by atoms with Crippen LogP contribution in [0.5, 0.6) is 11.5 Å². The quantitative estimate of drug-likeness (QED) is 0.755. The standard InChI is InChI=1S/C13H16N2O4/c1-9(16)14-6-7-15-13(17)12-8-18-10-4-2-3-5-11(10)19-12/h2-5,12H,6-8H2,1H3,(H,14,16)(H,15,17). The molecule has 1 aliphatic rings. The zero-order valence-corrected chi connectivity index (χ0v) is 10.6. The van der Waals surface area contributed by atoms with Gasteiger partial charge in [-0.2, -0.15) is 0 Å². The average molecular weight is 264 g/mol. The van der Waals surface area contributed by atoms with Crippen molar-refractivity contribution < 1.29 is 19.1 Å². The van der Waals surface area contributed by atoms with Crippen molar-refractivity contribution in [3.05, 3.63) is 24.3 Å². The van der Waals surface area contributed by atoms with Crippen LogP contribution < -0.4 is 20.1 Å². The number of amides is 2. The first-order valence-electron chi connectivity index (χ1n) is 6.07. The van der Waals surface area contributed by atoms with Crippen LogP contribution in [0.3, 0.4) is 0 Å². The van der Waals surface area contributed by atoms with Crippen LogP contribution in [-0.4, -0.2) is 37.6 Å². The summed E-state index contributed by atoms with van der Waals surface area (Å²) in [6, 6.07) is 7.21. The van der Waals surface area contributed by atoms with E-state index in [1.807, 2.05) is 12.1 Å². The van der Waals surface area contributed by atoms with Gasteiger partial charge in [-0.15, -0.1) is 0 Å². The number of ether oxygens (including phenoxy) is 2. The summed E-state index contributed by atoms with van der Waals surface area (Å²) in [5.74, 6) is 0.834. The molecule has 2 N–H and O–H groups in total. The maximum Gasteiger partial charge on any atom is 0.264 e.